The van der Waals surface area contributed by atoms with Gasteiger partial charge in [-0.2, -0.15) is 0 Å². The molecule has 0 saturated carbocycles. The van der Waals surface area contributed by atoms with Gasteiger partial charge in [-0.15, -0.1) is 0 Å². The summed E-state index contributed by atoms with van der Waals surface area (Å²) in [6, 6.07) is 20.2. The van der Waals surface area contributed by atoms with E-state index in [0.29, 0.717) is 6.61 Å². The van der Waals surface area contributed by atoms with Crippen LogP contribution in [0.5, 0.6) is 0 Å². The molecule has 2 aromatic carbocycles. The highest BCUT2D eigenvalue weighted by atomic mass is 16.4. The first-order valence-corrected chi connectivity index (χ1v) is 4.99. The van der Waals surface area contributed by atoms with E-state index in [1.807, 2.05) is 48.5 Å². The van der Waals surface area contributed by atoms with Crippen molar-refractivity contribution >= 4 is 12.9 Å². The van der Waals surface area contributed by atoms with Gasteiger partial charge in [-0.25, -0.2) is 0 Å². The second-order valence-corrected chi connectivity index (χ2v) is 3.33. The van der Waals surface area contributed by atoms with Crippen LogP contribution in [0.15, 0.2) is 60.7 Å². The number of benzene rings is 2. The Hall–Kier alpha value is -1.62. The minimum absolute atomic E-state index is 0. The van der Waals surface area contributed by atoms with Crippen LogP contribution in [-0.4, -0.2) is 18.4 Å². The second kappa shape index (κ2) is 8.53. The molecular weight excluding hydrogens is 215 g/mol. The summed E-state index contributed by atoms with van der Waals surface area (Å²) < 4.78 is 5.48. The molecule has 0 spiro atoms. The van der Waals surface area contributed by atoms with E-state index < -0.39 is 0 Å². The van der Waals surface area contributed by atoms with E-state index in [0.717, 1.165) is 5.46 Å². The van der Waals surface area contributed by atoms with Crippen LogP contribution >= 0.6 is 0 Å². The molecule has 0 atom stereocenters. The minimum Gasteiger partial charge on any atom is -0.430 e. The van der Waals surface area contributed by atoms with E-state index in [-0.39, 0.29) is 11.0 Å². The normalized spacial score (nSPS) is 8.71. The topological polar surface area (TPSA) is 72.2 Å². The molecule has 2 rings (SSSR count). The summed E-state index contributed by atoms with van der Waals surface area (Å²) in [7, 11) is 1.78. The Morgan fingerprint density at radius 1 is 0.765 bits per heavy atom. The molecule has 0 aliphatic carbocycles. The maximum absolute atomic E-state index is 5.48. The maximum Gasteiger partial charge on any atom is 0.330 e. The molecule has 17 heavy (non-hydrogen) atoms. The predicted molar refractivity (Wildman–Crippen MR) is 70.3 cm³/mol. The molecule has 1 radical (unpaired) electrons. The quantitative estimate of drug-likeness (QED) is 0.706. The van der Waals surface area contributed by atoms with E-state index in [4.69, 9.17) is 4.65 Å². The SMILES string of the molecule is O.O.[B](OCc1ccccc1)c1ccccc1. The third kappa shape index (κ3) is 5.31. The molecule has 0 amide bonds. The van der Waals surface area contributed by atoms with Crippen LogP contribution < -0.4 is 5.46 Å². The van der Waals surface area contributed by atoms with Crippen molar-refractivity contribution in [2.75, 3.05) is 0 Å². The van der Waals surface area contributed by atoms with Gasteiger partial charge in [0.2, 0.25) is 0 Å². The van der Waals surface area contributed by atoms with Gasteiger partial charge >= 0.3 is 7.48 Å². The van der Waals surface area contributed by atoms with Crippen LogP contribution in [0.2, 0.25) is 0 Å². The first-order chi connectivity index (χ1) is 7.45. The molecule has 0 unspecified atom stereocenters. The molecule has 0 aromatic heterocycles. The van der Waals surface area contributed by atoms with E-state index in [9.17, 15) is 0 Å². The van der Waals surface area contributed by atoms with Crippen molar-refractivity contribution in [1.29, 1.82) is 0 Å². The monoisotopic (exact) mass is 231 g/mol. The summed E-state index contributed by atoms with van der Waals surface area (Å²) in [5, 5.41) is 0. The Morgan fingerprint density at radius 3 is 1.88 bits per heavy atom. The van der Waals surface area contributed by atoms with Crippen molar-refractivity contribution in [2.45, 2.75) is 6.61 Å². The van der Waals surface area contributed by atoms with Crippen LogP contribution in [0, 0.1) is 0 Å². The Labute approximate surface area is 102 Å². The Kier molecular flexibility index (Phi) is 7.72. The zero-order chi connectivity index (χ0) is 10.3. The van der Waals surface area contributed by atoms with Gasteiger partial charge in [0.1, 0.15) is 0 Å². The molecule has 3 nitrogen and oxygen atoms in total. The highest BCUT2D eigenvalue weighted by molar-refractivity contribution is 6.46. The summed E-state index contributed by atoms with van der Waals surface area (Å²) in [5.41, 5.74) is 2.28. The molecule has 0 aliphatic rings. The fourth-order valence-electron chi connectivity index (χ4n) is 1.34. The van der Waals surface area contributed by atoms with Crippen molar-refractivity contribution in [1.82, 2.24) is 0 Å². The van der Waals surface area contributed by atoms with Crippen LogP contribution in [0.4, 0.5) is 0 Å². The maximum atomic E-state index is 5.48. The summed E-state index contributed by atoms with van der Waals surface area (Å²) in [6.07, 6.45) is 0. The van der Waals surface area contributed by atoms with E-state index in [1.54, 1.807) is 7.48 Å². The van der Waals surface area contributed by atoms with E-state index in [2.05, 4.69) is 12.1 Å². The molecule has 0 heterocycles. The number of hydrogen-bond donors (Lipinski definition) is 0. The van der Waals surface area contributed by atoms with Crippen molar-refractivity contribution in [3.63, 3.8) is 0 Å². The molecule has 4 N–H and O–H groups in total. The van der Waals surface area contributed by atoms with Gasteiger partial charge < -0.3 is 15.6 Å². The smallest absolute Gasteiger partial charge is 0.330 e. The molecule has 0 aliphatic heterocycles. The Balaban J connectivity index is 0.00000128. The van der Waals surface area contributed by atoms with Crippen LogP contribution in [-0.2, 0) is 11.3 Å². The molecule has 2 aromatic rings. The van der Waals surface area contributed by atoms with Gasteiger partial charge in [-0.3, -0.25) is 0 Å². The highest BCUT2D eigenvalue weighted by Gasteiger charge is 1.96. The molecule has 4 heteroatoms. The standard InChI is InChI=1S/C13H12BO.2H2O/c1-3-7-12(8-4-1)11-15-14-13-9-5-2-6-10-13;;/h1-10H,11H2;2*1H2. The highest BCUT2D eigenvalue weighted by Crippen LogP contribution is 1.99. The predicted octanol–water partition coefficient (Wildman–Crippen LogP) is 0.498. The third-order valence-corrected chi connectivity index (χ3v) is 2.11. The molecule has 89 valence electrons. The van der Waals surface area contributed by atoms with Crippen LogP contribution in [0.3, 0.4) is 0 Å². The first-order valence-electron chi connectivity index (χ1n) is 4.99. The van der Waals surface area contributed by atoms with Gasteiger partial charge in [0.15, 0.2) is 0 Å². The molecular formula is C13H16BO3. The number of rotatable bonds is 4. The summed E-state index contributed by atoms with van der Waals surface area (Å²) >= 11 is 0. The summed E-state index contributed by atoms with van der Waals surface area (Å²) in [4.78, 5) is 0. The Bertz CT molecular complexity index is 352. The van der Waals surface area contributed by atoms with Crippen molar-refractivity contribution < 1.29 is 15.6 Å². The lowest BCUT2D eigenvalue weighted by atomic mass is 9.88. The van der Waals surface area contributed by atoms with Gasteiger partial charge in [-0.1, -0.05) is 66.1 Å². The van der Waals surface area contributed by atoms with E-state index in [1.165, 1.54) is 5.56 Å². The molecule has 0 bridgehead atoms. The third-order valence-electron chi connectivity index (χ3n) is 2.11. The molecule has 0 fully saturated rings. The van der Waals surface area contributed by atoms with Gasteiger partial charge in [0.25, 0.3) is 0 Å². The average molecular weight is 231 g/mol. The lowest BCUT2D eigenvalue weighted by molar-refractivity contribution is 0.330. The molecule has 0 saturated heterocycles. The number of hydrogen-bond acceptors (Lipinski definition) is 1. The van der Waals surface area contributed by atoms with E-state index >= 15 is 0 Å². The van der Waals surface area contributed by atoms with Crippen molar-refractivity contribution in [3.8, 4) is 0 Å². The lowest BCUT2D eigenvalue weighted by Crippen LogP contribution is -2.16. The fraction of sp³-hybridized carbons (Fsp3) is 0.0769. The average Bonchev–Trinajstić information content (AvgIpc) is 2.32. The zero-order valence-electron chi connectivity index (χ0n) is 9.47. The summed E-state index contributed by atoms with van der Waals surface area (Å²) in [6.45, 7) is 0.621. The van der Waals surface area contributed by atoms with Gasteiger partial charge in [-0.05, 0) is 5.56 Å². The van der Waals surface area contributed by atoms with Gasteiger partial charge in [0.05, 0.1) is 6.61 Å². The minimum atomic E-state index is 0. The largest absolute Gasteiger partial charge is 0.430 e. The Morgan fingerprint density at radius 2 is 1.29 bits per heavy atom. The van der Waals surface area contributed by atoms with Crippen molar-refractivity contribution in [3.05, 3.63) is 66.2 Å². The summed E-state index contributed by atoms with van der Waals surface area (Å²) in [5.74, 6) is 0. The van der Waals surface area contributed by atoms with Crippen LogP contribution in [0.25, 0.3) is 0 Å². The van der Waals surface area contributed by atoms with Gasteiger partial charge in [0, 0.05) is 0 Å². The van der Waals surface area contributed by atoms with Crippen LogP contribution in [0.1, 0.15) is 5.56 Å². The first kappa shape index (κ1) is 15.4. The zero-order valence-corrected chi connectivity index (χ0v) is 9.47. The second-order valence-electron chi connectivity index (χ2n) is 3.33. The van der Waals surface area contributed by atoms with Crippen molar-refractivity contribution in [2.24, 2.45) is 0 Å². The lowest BCUT2D eigenvalue weighted by Gasteiger charge is -2.02. The fourth-order valence-corrected chi connectivity index (χ4v) is 1.34.